The summed E-state index contributed by atoms with van der Waals surface area (Å²) in [5, 5.41) is 14.1. The van der Waals surface area contributed by atoms with E-state index in [4.69, 9.17) is 20.8 Å². The van der Waals surface area contributed by atoms with Gasteiger partial charge in [-0.2, -0.15) is 0 Å². The van der Waals surface area contributed by atoms with Gasteiger partial charge in [0.2, 0.25) is 5.43 Å². The maximum atomic E-state index is 12.8. The van der Waals surface area contributed by atoms with Crippen LogP contribution in [-0.4, -0.2) is 16.2 Å². The number of rotatable bonds is 8. The molecule has 2 aromatic heterocycles. The van der Waals surface area contributed by atoms with Crippen molar-refractivity contribution in [1.29, 1.82) is 0 Å². The lowest BCUT2D eigenvalue weighted by Gasteiger charge is -2.12. The highest BCUT2D eigenvalue weighted by atomic mass is 35.5. The van der Waals surface area contributed by atoms with Crippen LogP contribution in [0, 0.1) is 6.92 Å². The van der Waals surface area contributed by atoms with E-state index in [1.165, 1.54) is 12.3 Å². The summed E-state index contributed by atoms with van der Waals surface area (Å²) in [7, 11) is 0. The van der Waals surface area contributed by atoms with Crippen molar-refractivity contribution in [2.45, 2.75) is 26.6 Å². The van der Waals surface area contributed by atoms with Crippen molar-refractivity contribution in [2.24, 2.45) is 0 Å². The van der Waals surface area contributed by atoms with Crippen molar-refractivity contribution in [2.75, 3.05) is 6.54 Å². The molecule has 170 valence electrons. The van der Waals surface area contributed by atoms with Gasteiger partial charge in [0.25, 0.3) is 0 Å². The molecule has 0 aliphatic carbocycles. The fourth-order valence-electron chi connectivity index (χ4n) is 3.44. The van der Waals surface area contributed by atoms with Gasteiger partial charge in [-0.1, -0.05) is 23.7 Å². The summed E-state index contributed by atoms with van der Waals surface area (Å²) in [6, 6.07) is 13.9. The lowest BCUT2D eigenvalue weighted by Crippen LogP contribution is -2.24. The number of halogens is 1. The summed E-state index contributed by atoms with van der Waals surface area (Å²) in [5.74, 6) is 0.357. The Labute approximate surface area is 194 Å². The van der Waals surface area contributed by atoms with E-state index in [0.717, 1.165) is 5.56 Å². The Morgan fingerprint density at radius 2 is 1.91 bits per heavy atom. The van der Waals surface area contributed by atoms with Crippen LogP contribution in [-0.2, 0) is 19.7 Å². The molecule has 0 fully saturated rings. The molecule has 0 aliphatic heterocycles. The van der Waals surface area contributed by atoms with E-state index in [9.17, 15) is 14.7 Å². The molecule has 4 aromatic rings. The summed E-state index contributed by atoms with van der Waals surface area (Å²) in [4.78, 5) is 24.3. The zero-order valence-corrected chi connectivity index (χ0v) is 18.8. The van der Waals surface area contributed by atoms with E-state index >= 15 is 0 Å². The van der Waals surface area contributed by atoms with Gasteiger partial charge in [0, 0.05) is 48.5 Å². The first-order valence-corrected chi connectivity index (χ1v) is 10.8. The maximum Gasteiger partial charge on any atom is 0.223 e. The fraction of sp³-hybridized carbons (Fsp3) is 0.200. The smallest absolute Gasteiger partial charge is 0.223 e. The van der Waals surface area contributed by atoms with Crippen LogP contribution in [0.1, 0.15) is 16.8 Å². The highest BCUT2D eigenvalue weighted by Crippen LogP contribution is 2.21. The quantitative estimate of drug-likeness (QED) is 0.381. The first-order chi connectivity index (χ1) is 15.9. The third kappa shape index (κ3) is 5.27. The molecule has 8 heteroatoms. The van der Waals surface area contributed by atoms with E-state index in [-0.39, 0.29) is 11.2 Å². The highest BCUT2D eigenvalue weighted by molar-refractivity contribution is 6.30. The summed E-state index contributed by atoms with van der Waals surface area (Å²) < 4.78 is 13.3. The monoisotopic (exact) mass is 466 g/mol. The Morgan fingerprint density at radius 3 is 2.70 bits per heavy atom. The average Bonchev–Trinajstić information content (AvgIpc) is 2.82. The lowest BCUT2D eigenvalue weighted by atomic mass is 10.1. The van der Waals surface area contributed by atoms with Crippen molar-refractivity contribution >= 4 is 22.6 Å². The number of hydrogen-bond donors (Lipinski definition) is 2. The number of aromatic nitrogens is 1. The molecule has 0 radical (unpaired) electrons. The van der Waals surface area contributed by atoms with Crippen LogP contribution in [0.25, 0.3) is 11.0 Å². The Balaban J connectivity index is 1.38. The molecule has 4 rings (SSSR count). The molecule has 0 saturated carbocycles. The van der Waals surface area contributed by atoms with Crippen molar-refractivity contribution in [1.82, 2.24) is 9.88 Å². The average molecular weight is 467 g/mol. The van der Waals surface area contributed by atoms with Gasteiger partial charge in [0.05, 0.1) is 17.3 Å². The van der Waals surface area contributed by atoms with Gasteiger partial charge in [-0.15, -0.1) is 0 Å². The van der Waals surface area contributed by atoms with Crippen LogP contribution < -0.4 is 20.9 Å². The van der Waals surface area contributed by atoms with E-state index in [1.807, 2.05) is 12.1 Å². The number of fused-ring (bicyclic) bond motifs is 1. The number of benzene rings is 2. The predicted octanol–water partition coefficient (Wildman–Crippen LogP) is 3.99. The predicted molar refractivity (Wildman–Crippen MR) is 127 cm³/mol. The molecule has 2 N–H and O–H groups in total. The topological polar surface area (TPSA) is 93.7 Å². The summed E-state index contributed by atoms with van der Waals surface area (Å²) >= 11 is 5.90. The molecule has 0 aliphatic rings. The molecule has 0 amide bonds. The van der Waals surface area contributed by atoms with Gasteiger partial charge in [0.1, 0.15) is 17.9 Å². The molecule has 0 bridgehead atoms. The molecule has 2 heterocycles. The second kappa shape index (κ2) is 9.94. The zero-order valence-electron chi connectivity index (χ0n) is 18.0. The van der Waals surface area contributed by atoms with E-state index in [0.29, 0.717) is 59.2 Å². The van der Waals surface area contributed by atoms with Gasteiger partial charge in [-0.3, -0.25) is 9.59 Å². The maximum absolute atomic E-state index is 12.8. The Kier molecular flexibility index (Phi) is 6.82. The molecule has 0 atom stereocenters. The molecule has 2 aromatic carbocycles. The minimum Gasteiger partial charge on any atom is -0.503 e. The number of pyridine rings is 1. The molecule has 0 unspecified atom stereocenters. The van der Waals surface area contributed by atoms with Crippen LogP contribution in [0.5, 0.6) is 11.5 Å². The van der Waals surface area contributed by atoms with Gasteiger partial charge in [-0.05, 0) is 36.8 Å². The second-order valence-corrected chi connectivity index (χ2v) is 8.08. The standard InChI is InChI=1S/C25H23ClN2O5/c1-16-24(30)22(29)8-10-28(16)11-9-27-13-18-15-33-23-12-20(6-7-21(23)25(18)31)32-14-17-2-4-19(26)5-3-17/h2-8,10,12,15,27,30H,9,11,13-14H2,1H3. The third-order valence-corrected chi connectivity index (χ3v) is 5.65. The Morgan fingerprint density at radius 1 is 1.12 bits per heavy atom. The minimum absolute atomic E-state index is 0.106. The summed E-state index contributed by atoms with van der Waals surface area (Å²) in [6.45, 7) is 3.47. The van der Waals surface area contributed by atoms with Gasteiger partial charge in [-0.25, -0.2) is 0 Å². The SMILES string of the molecule is Cc1c(O)c(=O)ccn1CCNCc1coc2cc(OCc3ccc(Cl)cc3)ccc2c1=O. The van der Waals surface area contributed by atoms with Gasteiger partial charge < -0.3 is 24.1 Å². The minimum atomic E-state index is -0.399. The van der Waals surface area contributed by atoms with Crippen LogP contribution in [0.3, 0.4) is 0 Å². The van der Waals surface area contributed by atoms with Crippen LogP contribution in [0.2, 0.25) is 5.02 Å². The Hall–Kier alpha value is -3.55. The lowest BCUT2D eigenvalue weighted by molar-refractivity contribution is 0.306. The van der Waals surface area contributed by atoms with Crippen LogP contribution in [0.4, 0.5) is 0 Å². The van der Waals surface area contributed by atoms with Gasteiger partial charge >= 0.3 is 0 Å². The van der Waals surface area contributed by atoms with E-state index in [2.05, 4.69) is 5.32 Å². The number of nitrogens with zero attached hydrogens (tertiary/aromatic N) is 1. The number of hydrogen-bond acceptors (Lipinski definition) is 6. The van der Waals surface area contributed by atoms with Crippen molar-refractivity contribution in [3.05, 3.63) is 103 Å². The Bertz CT molecular complexity index is 1390. The zero-order chi connectivity index (χ0) is 23.4. The number of nitrogens with one attached hydrogen (secondary N) is 1. The van der Waals surface area contributed by atoms with E-state index in [1.54, 1.807) is 48.0 Å². The fourth-order valence-corrected chi connectivity index (χ4v) is 3.56. The summed E-state index contributed by atoms with van der Waals surface area (Å²) in [6.07, 6.45) is 3.09. The van der Waals surface area contributed by atoms with Crippen LogP contribution in [0.15, 0.2) is 75.0 Å². The second-order valence-electron chi connectivity index (χ2n) is 7.65. The molecule has 7 nitrogen and oxygen atoms in total. The first kappa shape index (κ1) is 22.6. The molecule has 0 spiro atoms. The molecular formula is C25H23ClN2O5. The molecule has 33 heavy (non-hydrogen) atoms. The number of ether oxygens (including phenoxy) is 1. The normalized spacial score (nSPS) is 11.1. The molecule has 0 saturated heterocycles. The van der Waals surface area contributed by atoms with E-state index < -0.39 is 5.43 Å². The molecular weight excluding hydrogens is 444 g/mol. The van der Waals surface area contributed by atoms with Gasteiger partial charge in [0.15, 0.2) is 11.2 Å². The summed E-state index contributed by atoms with van der Waals surface area (Å²) in [5.41, 5.74) is 1.95. The number of aromatic hydroxyl groups is 1. The van der Waals surface area contributed by atoms with Crippen molar-refractivity contribution < 1.29 is 14.3 Å². The van der Waals surface area contributed by atoms with Crippen LogP contribution >= 0.6 is 11.6 Å². The highest BCUT2D eigenvalue weighted by Gasteiger charge is 2.09. The van der Waals surface area contributed by atoms with Crippen molar-refractivity contribution in [3.8, 4) is 11.5 Å². The third-order valence-electron chi connectivity index (χ3n) is 5.39. The van der Waals surface area contributed by atoms with Crippen molar-refractivity contribution in [3.63, 3.8) is 0 Å². The largest absolute Gasteiger partial charge is 0.503 e. The first-order valence-electron chi connectivity index (χ1n) is 10.4.